The van der Waals surface area contributed by atoms with Crippen LogP contribution in [0, 0.1) is 5.92 Å². The summed E-state index contributed by atoms with van der Waals surface area (Å²) in [5.74, 6) is 0.235. The molecular formula is C26H31N3O5. The van der Waals surface area contributed by atoms with Crippen molar-refractivity contribution in [1.82, 2.24) is 14.7 Å². The molecule has 1 fully saturated rings. The van der Waals surface area contributed by atoms with Crippen LogP contribution in [0.5, 0.6) is 11.5 Å². The van der Waals surface area contributed by atoms with E-state index in [9.17, 15) is 14.4 Å². The molecule has 1 saturated heterocycles. The lowest BCUT2D eigenvalue weighted by atomic mass is 10.0. The van der Waals surface area contributed by atoms with Crippen molar-refractivity contribution in [2.75, 3.05) is 40.4 Å². The lowest BCUT2D eigenvalue weighted by molar-refractivity contribution is -0.138. The van der Waals surface area contributed by atoms with Gasteiger partial charge in [0, 0.05) is 32.7 Å². The highest BCUT2D eigenvalue weighted by Gasteiger charge is 2.45. The van der Waals surface area contributed by atoms with E-state index in [0.29, 0.717) is 48.8 Å². The van der Waals surface area contributed by atoms with Crippen LogP contribution in [0.2, 0.25) is 0 Å². The van der Waals surface area contributed by atoms with E-state index in [0.717, 1.165) is 17.0 Å². The van der Waals surface area contributed by atoms with E-state index in [-0.39, 0.29) is 23.6 Å². The van der Waals surface area contributed by atoms with E-state index >= 15 is 0 Å². The molecular weight excluding hydrogens is 434 g/mol. The zero-order valence-corrected chi connectivity index (χ0v) is 20.1. The van der Waals surface area contributed by atoms with Gasteiger partial charge < -0.3 is 14.4 Å². The Labute approximate surface area is 200 Å². The summed E-state index contributed by atoms with van der Waals surface area (Å²) in [7, 11) is 3.23. The molecule has 0 aromatic heterocycles. The second-order valence-electron chi connectivity index (χ2n) is 9.01. The topological polar surface area (TPSA) is 79.4 Å². The molecule has 3 amide bonds. The average molecular weight is 466 g/mol. The molecule has 8 nitrogen and oxygen atoms in total. The number of hydrogen-bond acceptors (Lipinski definition) is 6. The Kier molecular flexibility index (Phi) is 6.88. The van der Waals surface area contributed by atoms with Crippen molar-refractivity contribution in [3.05, 3.63) is 59.2 Å². The number of piperazine rings is 1. The fourth-order valence-corrected chi connectivity index (χ4v) is 4.70. The quantitative estimate of drug-likeness (QED) is 0.585. The number of amides is 3. The fraction of sp³-hybridized carbons (Fsp3) is 0.423. The third kappa shape index (κ3) is 4.37. The molecule has 2 aromatic rings. The first-order chi connectivity index (χ1) is 16.3. The third-order valence-electron chi connectivity index (χ3n) is 6.53. The number of rotatable bonds is 7. The van der Waals surface area contributed by atoms with Crippen molar-refractivity contribution in [2.24, 2.45) is 5.92 Å². The summed E-state index contributed by atoms with van der Waals surface area (Å²) in [5.41, 5.74) is 1.83. The molecule has 2 heterocycles. The molecule has 0 aliphatic carbocycles. The highest BCUT2D eigenvalue weighted by Crippen LogP contribution is 2.30. The standard InChI is InChI=1S/C26H31N3O5/c1-17(2)23(29-24(30)19-7-5-6-8-20(19)25(29)31)26(32)28-13-11-27(12-14-28)16-18-9-10-21(33-3)22(15-18)34-4/h5-10,15,17,23H,11-14,16H2,1-4H3. The van der Waals surface area contributed by atoms with Crippen LogP contribution < -0.4 is 9.47 Å². The lowest BCUT2D eigenvalue weighted by Crippen LogP contribution is -2.57. The van der Waals surface area contributed by atoms with Crippen molar-refractivity contribution in [1.29, 1.82) is 0 Å². The Balaban J connectivity index is 1.42. The van der Waals surface area contributed by atoms with Gasteiger partial charge in [0.05, 0.1) is 25.3 Å². The number of benzene rings is 2. The molecule has 1 unspecified atom stereocenters. The average Bonchev–Trinajstić information content (AvgIpc) is 3.09. The van der Waals surface area contributed by atoms with Crippen LogP contribution in [0.4, 0.5) is 0 Å². The highest BCUT2D eigenvalue weighted by atomic mass is 16.5. The van der Waals surface area contributed by atoms with Gasteiger partial charge in [-0.15, -0.1) is 0 Å². The number of imide groups is 1. The maximum absolute atomic E-state index is 13.5. The molecule has 2 aromatic carbocycles. The van der Waals surface area contributed by atoms with Crippen molar-refractivity contribution in [3.63, 3.8) is 0 Å². The Morgan fingerprint density at radius 1 is 0.882 bits per heavy atom. The number of fused-ring (bicyclic) bond motifs is 1. The van der Waals surface area contributed by atoms with Crippen molar-refractivity contribution in [3.8, 4) is 11.5 Å². The molecule has 0 radical (unpaired) electrons. The Hall–Kier alpha value is -3.39. The van der Waals surface area contributed by atoms with Gasteiger partial charge in [-0.3, -0.25) is 24.2 Å². The minimum Gasteiger partial charge on any atom is -0.493 e. The van der Waals surface area contributed by atoms with Gasteiger partial charge in [-0.2, -0.15) is 0 Å². The Bertz CT molecular complexity index is 1060. The van der Waals surface area contributed by atoms with Crippen molar-refractivity contribution >= 4 is 17.7 Å². The number of carbonyl (C=O) groups is 3. The number of methoxy groups -OCH3 is 2. The van der Waals surface area contributed by atoms with Crippen LogP contribution in [-0.2, 0) is 11.3 Å². The van der Waals surface area contributed by atoms with Crippen LogP contribution in [-0.4, -0.2) is 78.9 Å². The van der Waals surface area contributed by atoms with Crippen LogP contribution in [0.1, 0.15) is 40.1 Å². The summed E-state index contributed by atoms with van der Waals surface area (Å²) in [5, 5.41) is 0. The number of nitrogens with zero attached hydrogens (tertiary/aromatic N) is 3. The SMILES string of the molecule is COc1ccc(CN2CCN(C(=O)C(C(C)C)N3C(=O)c4ccccc4C3=O)CC2)cc1OC. The third-order valence-corrected chi connectivity index (χ3v) is 6.53. The minimum absolute atomic E-state index is 0.171. The van der Waals surface area contributed by atoms with Gasteiger partial charge in [0.15, 0.2) is 11.5 Å². The van der Waals surface area contributed by atoms with Gasteiger partial charge in [0.25, 0.3) is 11.8 Å². The Morgan fingerprint density at radius 3 is 2.00 bits per heavy atom. The normalized spacial score (nSPS) is 17.2. The molecule has 1 atom stereocenters. The number of carbonyl (C=O) groups excluding carboxylic acids is 3. The van der Waals surface area contributed by atoms with E-state index < -0.39 is 6.04 Å². The van der Waals surface area contributed by atoms with Crippen LogP contribution >= 0.6 is 0 Å². The molecule has 34 heavy (non-hydrogen) atoms. The van der Waals surface area contributed by atoms with Gasteiger partial charge in [0.2, 0.25) is 5.91 Å². The van der Waals surface area contributed by atoms with E-state index in [1.54, 1.807) is 43.4 Å². The predicted molar refractivity (Wildman–Crippen MR) is 127 cm³/mol. The van der Waals surface area contributed by atoms with E-state index in [1.165, 1.54) is 0 Å². The second kappa shape index (κ2) is 9.85. The van der Waals surface area contributed by atoms with Gasteiger partial charge in [0.1, 0.15) is 6.04 Å². The van der Waals surface area contributed by atoms with Crippen LogP contribution in [0.25, 0.3) is 0 Å². The summed E-state index contributed by atoms with van der Waals surface area (Å²) in [6, 6.07) is 11.8. The molecule has 0 N–H and O–H groups in total. The molecule has 180 valence electrons. The molecule has 2 aliphatic heterocycles. The second-order valence-corrected chi connectivity index (χ2v) is 9.01. The summed E-state index contributed by atoms with van der Waals surface area (Å²) in [6.45, 7) is 6.96. The summed E-state index contributed by atoms with van der Waals surface area (Å²) in [4.78, 5) is 44.7. The van der Waals surface area contributed by atoms with E-state index in [1.807, 2.05) is 32.0 Å². The van der Waals surface area contributed by atoms with Gasteiger partial charge in [-0.1, -0.05) is 32.0 Å². The predicted octanol–water partition coefficient (Wildman–Crippen LogP) is 2.67. The largest absolute Gasteiger partial charge is 0.493 e. The Morgan fingerprint density at radius 2 is 1.47 bits per heavy atom. The zero-order chi connectivity index (χ0) is 24.4. The zero-order valence-electron chi connectivity index (χ0n) is 20.1. The van der Waals surface area contributed by atoms with E-state index in [2.05, 4.69) is 4.90 Å². The first-order valence-electron chi connectivity index (χ1n) is 11.5. The van der Waals surface area contributed by atoms with Gasteiger partial charge in [-0.05, 0) is 35.7 Å². The summed E-state index contributed by atoms with van der Waals surface area (Å²) in [6.07, 6.45) is 0. The van der Waals surface area contributed by atoms with Crippen molar-refractivity contribution in [2.45, 2.75) is 26.4 Å². The van der Waals surface area contributed by atoms with Crippen LogP contribution in [0.15, 0.2) is 42.5 Å². The first kappa shape index (κ1) is 23.8. The van der Waals surface area contributed by atoms with Crippen molar-refractivity contribution < 1.29 is 23.9 Å². The maximum atomic E-state index is 13.5. The smallest absolute Gasteiger partial charge is 0.262 e. The van der Waals surface area contributed by atoms with E-state index in [4.69, 9.17) is 9.47 Å². The lowest BCUT2D eigenvalue weighted by Gasteiger charge is -2.39. The number of ether oxygens (including phenoxy) is 2. The molecule has 2 aliphatic rings. The van der Waals surface area contributed by atoms with Crippen LogP contribution in [0.3, 0.4) is 0 Å². The molecule has 0 saturated carbocycles. The summed E-state index contributed by atoms with van der Waals surface area (Å²) >= 11 is 0. The van der Waals surface area contributed by atoms with Gasteiger partial charge >= 0.3 is 0 Å². The monoisotopic (exact) mass is 465 g/mol. The maximum Gasteiger partial charge on any atom is 0.262 e. The van der Waals surface area contributed by atoms with Gasteiger partial charge in [-0.25, -0.2) is 0 Å². The minimum atomic E-state index is -0.815. The first-order valence-corrected chi connectivity index (χ1v) is 11.5. The molecule has 8 heteroatoms. The fourth-order valence-electron chi connectivity index (χ4n) is 4.70. The molecule has 0 bridgehead atoms. The number of hydrogen-bond donors (Lipinski definition) is 0. The summed E-state index contributed by atoms with van der Waals surface area (Å²) < 4.78 is 10.7. The molecule has 0 spiro atoms. The molecule has 4 rings (SSSR count). The highest BCUT2D eigenvalue weighted by molar-refractivity contribution is 6.22.